The van der Waals surface area contributed by atoms with Crippen molar-refractivity contribution in [2.24, 2.45) is 5.41 Å². The van der Waals surface area contributed by atoms with Crippen LogP contribution in [0.2, 0.25) is 0 Å². The van der Waals surface area contributed by atoms with E-state index in [1.165, 1.54) is 17.1 Å². The van der Waals surface area contributed by atoms with Crippen molar-refractivity contribution in [1.29, 1.82) is 0 Å². The Kier molecular flexibility index (Phi) is 3.92. The van der Waals surface area contributed by atoms with Crippen LogP contribution in [-0.2, 0) is 11.3 Å². The Labute approximate surface area is 122 Å². The summed E-state index contributed by atoms with van der Waals surface area (Å²) in [4.78, 5) is 12.4. The standard InChI is InChI=1S/C13H20N4O4/c18-12(8-16-6-11(5-14-16)17(19)20)7-15-3-1-13(9-15)2-4-21-10-13/h5-6,12,18H,1-4,7-10H2/t12-,13-/m1/s1. The summed E-state index contributed by atoms with van der Waals surface area (Å²) in [5.41, 5.74) is 0.231. The van der Waals surface area contributed by atoms with Gasteiger partial charge in [0.2, 0.25) is 0 Å². The second-order valence-electron chi connectivity index (χ2n) is 6.12. The minimum atomic E-state index is -0.582. The molecule has 2 aliphatic rings. The van der Waals surface area contributed by atoms with E-state index in [0.29, 0.717) is 6.54 Å². The first-order valence-electron chi connectivity index (χ1n) is 7.21. The van der Waals surface area contributed by atoms with E-state index < -0.39 is 11.0 Å². The zero-order valence-corrected chi connectivity index (χ0v) is 11.8. The monoisotopic (exact) mass is 296 g/mol. The van der Waals surface area contributed by atoms with Crippen LogP contribution >= 0.6 is 0 Å². The molecule has 0 unspecified atom stereocenters. The molecule has 3 rings (SSSR count). The van der Waals surface area contributed by atoms with Crippen LogP contribution in [0.4, 0.5) is 5.69 Å². The topological polar surface area (TPSA) is 93.7 Å². The Balaban J connectivity index is 1.50. The molecule has 2 saturated heterocycles. The van der Waals surface area contributed by atoms with E-state index in [9.17, 15) is 15.2 Å². The van der Waals surface area contributed by atoms with Gasteiger partial charge in [0.25, 0.3) is 0 Å². The minimum absolute atomic E-state index is 0.0505. The Morgan fingerprint density at radius 1 is 1.52 bits per heavy atom. The van der Waals surface area contributed by atoms with Crippen molar-refractivity contribution in [2.45, 2.75) is 25.5 Å². The summed E-state index contributed by atoms with van der Waals surface area (Å²) in [7, 11) is 0. The van der Waals surface area contributed by atoms with Crippen molar-refractivity contribution >= 4 is 5.69 Å². The first kappa shape index (κ1) is 14.4. The summed E-state index contributed by atoms with van der Waals surface area (Å²) in [6.07, 6.45) is 4.19. The van der Waals surface area contributed by atoms with Crippen LogP contribution < -0.4 is 0 Å². The maximum absolute atomic E-state index is 10.6. The molecular weight excluding hydrogens is 276 g/mol. The van der Waals surface area contributed by atoms with Crippen LogP contribution in [0.15, 0.2) is 12.4 Å². The quantitative estimate of drug-likeness (QED) is 0.619. The van der Waals surface area contributed by atoms with Crippen LogP contribution in [-0.4, -0.2) is 63.7 Å². The second-order valence-corrected chi connectivity index (χ2v) is 6.12. The summed E-state index contributed by atoms with van der Waals surface area (Å²) >= 11 is 0. The van der Waals surface area contributed by atoms with Crippen molar-refractivity contribution < 1.29 is 14.8 Å². The van der Waals surface area contributed by atoms with E-state index in [-0.39, 0.29) is 17.6 Å². The number of aliphatic hydroxyl groups is 1. The van der Waals surface area contributed by atoms with Crippen LogP contribution in [0.5, 0.6) is 0 Å². The lowest BCUT2D eigenvalue weighted by Gasteiger charge is -2.23. The Morgan fingerprint density at radius 2 is 2.38 bits per heavy atom. The molecule has 2 aliphatic heterocycles. The largest absolute Gasteiger partial charge is 0.390 e. The maximum Gasteiger partial charge on any atom is 0.306 e. The molecule has 0 bridgehead atoms. The molecule has 2 atom stereocenters. The van der Waals surface area contributed by atoms with Crippen molar-refractivity contribution in [3.63, 3.8) is 0 Å². The summed E-state index contributed by atoms with van der Waals surface area (Å²) < 4.78 is 6.91. The molecule has 0 saturated carbocycles. The Morgan fingerprint density at radius 3 is 3.05 bits per heavy atom. The lowest BCUT2D eigenvalue weighted by Crippen LogP contribution is -2.35. The molecule has 1 spiro atoms. The highest BCUT2D eigenvalue weighted by Gasteiger charge is 2.41. The van der Waals surface area contributed by atoms with Crippen molar-refractivity contribution in [1.82, 2.24) is 14.7 Å². The summed E-state index contributed by atoms with van der Waals surface area (Å²) in [6.45, 7) is 4.44. The molecule has 0 radical (unpaired) electrons. The highest BCUT2D eigenvalue weighted by atomic mass is 16.6. The van der Waals surface area contributed by atoms with Gasteiger partial charge in [-0.05, 0) is 19.4 Å². The van der Waals surface area contributed by atoms with E-state index in [2.05, 4.69) is 10.00 Å². The number of hydrogen-bond acceptors (Lipinski definition) is 6. The van der Waals surface area contributed by atoms with Gasteiger partial charge in [-0.3, -0.25) is 14.8 Å². The number of nitrogens with zero attached hydrogens (tertiary/aromatic N) is 4. The number of hydrogen-bond donors (Lipinski definition) is 1. The number of β-amino-alcohol motifs (C(OH)–C–C–N with tert-alkyl or cyclic N) is 1. The average molecular weight is 296 g/mol. The Hall–Kier alpha value is -1.51. The van der Waals surface area contributed by atoms with Crippen molar-refractivity contribution in [3.8, 4) is 0 Å². The van der Waals surface area contributed by atoms with Crippen LogP contribution in [0.3, 0.4) is 0 Å². The number of aliphatic hydroxyl groups excluding tert-OH is 1. The molecule has 0 aromatic carbocycles. The fourth-order valence-corrected chi connectivity index (χ4v) is 3.27. The number of nitro groups is 1. The van der Waals surface area contributed by atoms with Crippen LogP contribution in [0, 0.1) is 15.5 Å². The first-order valence-corrected chi connectivity index (χ1v) is 7.21. The van der Waals surface area contributed by atoms with Gasteiger partial charge >= 0.3 is 5.69 Å². The van der Waals surface area contributed by atoms with Crippen LogP contribution in [0.1, 0.15) is 12.8 Å². The van der Waals surface area contributed by atoms with Crippen molar-refractivity contribution in [3.05, 3.63) is 22.5 Å². The molecule has 1 aromatic rings. The number of likely N-dealkylation sites (tertiary alicyclic amines) is 1. The predicted octanol–water partition coefficient (Wildman–Crippen LogP) is 0.265. The van der Waals surface area contributed by atoms with E-state index in [4.69, 9.17) is 4.74 Å². The van der Waals surface area contributed by atoms with Gasteiger partial charge in [0, 0.05) is 25.1 Å². The molecule has 21 heavy (non-hydrogen) atoms. The summed E-state index contributed by atoms with van der Waals surface area (Å²) in [6, 6.07) is 0. The molecule has 1 N–H and O–H groups in total. The third-order valence-electron chi connectivity index (χ3n) is 4.40. The Bertz CT molecular complexity index is 512. The zero-order chi connectivity index (χ0) is 14.9. The van der Waals surface area contributed by atoms with Crippen molar-refractivity contribution in [2.75, 3.05) is 32.8 Å². The van der Waals surface area contributed by atoms with Gasteiger partial charge < -0.3 is 14.7 Å². The second kappa shape index (κ2) is 5.70. The molecule has 2 fully saturated rings. The van der Waals surface area contributed by atoms with Gasteiger partial charge in [-0.2, -0.15) is 5.10 Å². The highest BCUT2D eigenvalue weighted by molar-refractivity contribution is 5.20. The fourth-order valence-electron chi connectivity index (χ4n) is 3.27. The molecule has 116 valence electrons. The maximum atomic E-state index is 10.6. The molecule has 0 amide bonds. The van der Waals surface area contributed by atoms with Gasteiger partial charge in [0.1, 0.15) is 12.4 Å². The summed E-state index contributed by atoms with van der Waals surface area (Å²) in [5, 5.41) is 24.6. The van der Waals surface area contributed by atoms with Crippen LogP contribution in [0.25, 0.3) is 0 Å². The van der Waals surface area contributed by atoms with E-state index >= 15 is 0 Å². The van der Waals surface area contributed by atoms with Gasteiger partial charge in [0.05, 0.1) is 24.2 Å². The number of ether oxygens (including phenoxy) is 1. The molecule has 3 heterocycles. The van der Waals surface area contributed by atoms with E-state index in [1.807, 2.05) is 0 Å². The first-order chi connectivity index (χ1) is 10.1. The van der Waals surface area contributed by atoms with E-state index in [1.54, 1.807) is 0 Å². The predicted molar refractivity (Wildman–Crippen MR) is 73.8 cm³/mol. The fraction of sp³-hybridized carbons (Fsp3) is 0.769. The molecule has 8 heteroatoms. The van der Waals surface area contributed by atoms with Gasteiger partial charge in [-0.15, -0.1) is 0 Å². The van der Waals surface area contributed by atoms with Gasteiger partial charge in [-0.1, -0.05) is 0 Å². The highest BCUT2D eigenvalue weighted by Crippen LogP contribution is 2.38. The lowest BCUT2D eigenvalue weighted by molar-refractivity contribution is -0.385. The SMILES string of the molecule is O=[N+]([O-])c1cnn(C[C@H](O)CN2CC[C@@]3(CCOC3)C2)c1. The minimum Gasteiger partial charge on any atom is -0.390 e. The number of aromatic nitrogens is 2. The zero-order valence-electron chi connectivity index (χ0n) is 11.8. The van der Waals surface area contributed by atoms with Gasteiger partial charge in [0.15, 0.2) is 0 Å². The average Bonchev–Trinajstić information content (AvgIpc) is 3.13. The van der Waals surface area contributed by atoms with Gasteiger partial charge in [-0.25, -0.2) is 0 Å². The molecule has 1 aromatic heterocycles. The molecule has 0 aliphatic carbocycles. The van der Waals surface area contributed by atoms with E-state index in [0.717, 1.165) is 39.1 Å². The normalized spacial score (nSPS) is 27.5. The third kappa shape index (κ3) is 3.22. The smallest absolute Gasteiger partial charge is 0.306 e. The number of rotatable bonds is 5. The lowest BCUT2D eigenvalue weighted by atomic mass is 9.87. The molecular formula is C13H20N4O4. The third-order valence-corrected chi connectivity index (χ3v) is 4.40. The summed E-state index contributed by atoms with van der Waals surface area (Å²) in [5.74, 6) is 0. The molecule has 8 nitrogen and oxygen atoms in total.